The Labute approximate surface area is 58.7 Å². The lowest BCUT2D eigenvalue weighted by atomic mass is 10.0. The summed E-state index contributed by atoms with van der Waals surface area (Å²) in [7, 11) is 0. The molecule has 1 rings (SSSR count). The zero-order chi connectivity index (χ0) is 6.69. The van der Waals surface area contributed by atoms with E-state index in [1.807, 2.05) is 0 Å². The van der Waals surface area contributed by atoms with Crippen LogP contribution in [0.15, 0.2) is 0 Å². The van der Waals surface area contributed by atoms with Crippen molar-refractivity contribution in [2.24, 2.45) is 11.8 Å². The molecule has 1 fully saturated rings. The molecule has 1 saturated carbocycles. The summed E-state index contributed by atoms with van der Waals surface area (Å²) in [6, 6.07) is 0. The molecule has 0 aromatic carbocycles. The van der Waals surface area contributed by atoms with Gasteiger partial charge in [-0.3, -0.25) is 0 Å². The summed E-state index contributed by atoms with van der Waals surface area (Å²) in [4.78, 5) is 0. The van der Waals surface area contributed by atoms with Gasteiger partial charge < -0.3 is 0 Å². The quantitative estimate of drug-likeness (QED) is 0.532. The van der Waals surface area contributed by atoms with Gasteiger partial charge >= 0.3 is 0 Å². The average molecular weight is 125 g/mol. The Morgan fingerprint density at radius 2 is 2.33 bits per heavy atom. The van der Waals surface area contributed by atoms with Gasteiger partial charge in [-0.25, -0.2) is 0 Å². The maximum Gasteiger partial charge on any atom is -0.0355 e. The normalized spacial score (nSPS) is 35.3. The summed E-state index contributed by atoms with van der Waals surface area (Å²) in [6.07, 6.45) is 8.12. The second-order valence-electron chi connectivity index (χ2n) is 3.34. The van der Waals surface area contributed by atoms with Gasteiger partial charge in [-0.2, -0.15) is 0 Å². The minimum Gasteiger partial charge on any atom is -0.0654 e. The maximum atomic E-state index is 2.47. The molecule has 0 N–H and O–H groups in total. The molecule has 0 bridgehead atoms. The molecule has 53 valence electrons. The van der Waals surface area contributed by atoms with Crippen LogP contribution in [0.4, 0.5) is 0 Å². The van der Waals surface area contributed by atoms with Crippen molar-refractivity contribution >= 4 is 0 Å². The Balaban J connectivity index is 2.14. The van der Waals surface area contributed by atoms with Crippen molar-refractivity contribution in [3.63, 3.8) is 0 Å². The summed E-state index contributed by atoms with van der Waals surface area (Å²) in [6.45, 7) is 4.61. The second kappa shape index (κ2) is 3.24. The van der Waals surface area contributed by atoms with Crippen molar-refractivity contribution in [2.75, 3.05) is 0 Å². The van der Waals surface area contributed by atoms with E-state index < -0.39 is 0 Å². The van der Waals surface area contributed by atoms with E-state index >= 15 is 0 Å². The van der Waals surface area contributed by atoms with Crippen LogP contribution in [0, 0.1) is 18.3 Å². The molecule has 1 radical (unpaired) electrons. The molecule has 2 atom stereocenters. The third kappa shape index (κ3) is 2.00. The van der Waals surface area contributed by atoms with Crippen LogP contribution in [0.5, 0.6) is 0 Å². The van der Waals surface area contributed by atoms with E-state index in [2.05, 4.69) is 20.3 Å². The third-order valence-corrected chi connectivity index (χ3v) is 2.27. The Bertz CT molecular complexity index is 74.1. The summed E-state index contributed by atoms with van der Waals surface area (Å²) >= 11 is 0. The van der Waals surface area contributed by atoms with Crippen LogP contribution < -0.4 is 0 Å². The van der Waals surface area contributed by atoms with E-state index in [-0.39, 0.29) is 0 Å². The van der Waals surface area contributed by atoms with Crippen LogP contribution >= 0.6 is 0 Å². The number of rotatable bonds is 2. The third-order valence-electron chi connectivity index (χ3n) is 2.27. The second-order valence-corrected chi connectivity index (χ2v) is 3.34. The molecular formula is C9H17. The summed E-state index contributed by atoms with van der Waals surface area (Å²) < 4.78 is 0. The molecule has 0 spiro atoms. The highest BCUT2D eigenvalue weighted by Gasteiger charge is 2.19. The smallest absolute Gasteiger partial charge is 0.0355 e. The highest BCUT2D eigenvalue weighted by molar-refractivity contribution is 4.85. The van der Waals surface area contributed by atoms with E-state index in [0.717, 1.165) is 11.8 Å². The fourth-order valence-electron chi connectivity index (χ4n) is 1.79. The van der Waals surface area contributed by atoms with Gasteiger partial charge in [0, 0.05) is 0 Å². The lowest BCUT2D eigenvalue weighted by molar-refractivity contribution is 0.474. The molecule has 0 nitrogen and oxygen atoms in total. The zero-order valence-electron chi connectivity index (χ0n) is 6.56. The number of hydrogen-bond donors (Lipinski definition) is 0. The van der Waals surface area contributed by atoms with Crippen molar-refractivity contribution in [2.45, 2.75) is 39.5 Å². The average Bonchev–Trinajstić information content (AvgIpc) is 2.17. The topological polar surface area (TPSA) is 0 Å². The highest BCUT2D eigenvalue weighted by atomic mass is 14.2. The molecule has 9 heavy (non-hydrogen) atoms. The highest BCUT2D eigenvalue weighted by Crippen LogP contribution is 2.32. The van der Waals surface area contributed by atoms with Crippen LogP contribution in [-0.4, -0.2) is 0 Å². The molecular weight excluding hydrogens is 108 g/mol. The van der Waals surface area contributed by atoms with Crippen molar-refractivity contribution in [1.82, 2.24) is 0 Å². The van der Waals surface area contributed by atoms with Crippen LogP contribution in [0.2, 0.25) is 0 Å². The van der Waals surface area contributed by atoms with Gasteiger partial charge in [0.2, 0.25) is 0 Å². The first-order valence-corrected chi connectivity index (χ1v) is 4.16. The minimum absolute atomic E-state index is 0.904. The molecule has 2 unspecified atom stereocenters. The Kier molecular flexibility index (Phi) is 2.56. The first-order valence-electron chi connectivity index (χ1n) is 4.16. The maximum absolute atomic E-state index is 2.47. The van der Waals surface area contributed by atoms with Gasteiger partial charge in [-0.15, -0.1) is 0 Å². The van der Waals surface area contributed by atoms with Crippen molar-refractivity contribution in [3.05, 3.63) is 6.42 Å². The van der Waals surface area contributed by atoms with Crippen LogP contribution in [-0.2, 0) is 0 Å². The Hall–Kier alpha value is 0. The van der Waals surface area contributed by atoms with Crippen LogP contribution in [0.3, 0.4) is 0 Å². The van der Waals surface area contributed by atoms with Gasteiger partial charge in [-0.1, -0.05) is 26.7 Å². The number of hydrogen-bond acceptors (Lipinski definition) is 0. The fourth-order valence-corrected chi connectivity index (χ4v) is 1.79. The SMILES string of the molecule is CCCC1C[CH]C(C)C1. The predicted molar refractivity (Wildman–Crippen MR) is 41.1 cm³/mol. The summed E-state index contributed by atoms with van der Waals surface area (Å²) in [5.41, 5.74) is 0. The van der Waals surface area contributed by atoms with Crippen molar-refractivity contribution < 1.29 is 0 Å². The van der Waals surface area contributed by atoms with Crippen LogP contribution in [0.1, 0.15) is 39.5 Å². The molecule has 0 amide bonds. The van der Waals surface area contributed by atoms with Gasteiger partial charge in [-0.05, 0) is 31.1 Å². The van der Waals surface area contributed by atoms with Gasteiger partial charge in [0.25, 0.3) is 0 Å². The van der Waals surface area contributed by atoms with E-state index in [1.165, 1.54) is 25.7 Å². The molecule has 1 aliphatic carbocycles. The van der Waals surface area contributed by atoms with E-state index in [0.29, 0.717) is 0 Å². The zero-order valence-corrected chi connectivity index (χ0v) is 6.56. The monoisotopic (exact) mass is 125 g/mol. The van der Waals surface area contributed by atoms with E-state index in [4.69, 9.17) is 0 Å². The molecule has 1 aliphatic rings. The first-order chi connectivity index (χ1) is 4.33. The van der Waals surface area contributed by atoms with Gasteiger partial charge in [0.1, 0.15) is 0 Å². The van der Waals surface area contributed by atoms with Gasteiger partial charge in [0.15, 0.2) is 0 Å². The molecule has 0 saturated heterocycles. The van der Waals surface area contributed by atoms with Gasteiger partial charge in [0.05, 0.1) is 0 Å². The van der Waals surface area contributed by atoms with Crippen molar-refractivity contribution in [1.29, 1.82) is 0 Å². The fraction of sp³-hybridized carbons (Fsp3) is 0.889. The Morgan fingerprint density at radius 3 is 2.78 bits per heavy atom. The lowest BCUT2D eigenvalue weighted by Gasteiger charge is -2.05. The largest absolute Gasteiger partial charge is 0.0654 e. The lowest BCUT2D eigenvalue weighted by Crippen LogP contribution is -1.92. The standard InChI is InChI=1S/C9H17/c1-3-4-9-6-5-8(2)7-9/h5,8-9H,3-4,6-7H2,1-2H3. The minimum atomic E-state index is 0.904. The van der Waals surface area contributed by atoms with E-state index in [1.54, 1.807) is 0 Å². The summed E-state index contributed by atoms with van der Waals surface area (Å²) in [5, 5.41) is 0. The van der Waals surface area contributed by atoms with Crippen LogP contribution in [0.25, 0.3) is 0 Å². The first kappa shape index (κ1) is 7.11. The molecule has 0 aromatic rings. The molecule has 0 aliphatic heterocycles. The van der Waals surface area contributed by atoms with Crippen molar-refractivity contribution in [3.8, 4) is 0 Å². The van der Waals surface area contributed by atoms with E-state index in [9.17, 15) is 0 Å². The summed E-state index contributed by atoms with van der Waals surface area (Å²) in [5.74, 6) is 1.94. The molecule has 0 heteroatoms. The Morgan fingerprint density at radius 1 is 1.56 bits per heavy atom. The predicted octanol–water partition coefficient (Wildman–Crippen LogP) is 3.04. The molecule has 0 heterocycles. The molecule has 0 aromatic heterocycles.